The summed E-state index contributed by atoms with van der Waals surface area (Å²) in [5, 5.41) is 9.45. The lowest BCUT2D eigenvalue weighted by Crippen LogP contribution is -2.53. The predicted molar refractivity (Wildman–Crippen MR) is 82.2 cm³/mol. The van der Waals surface area contributed by atoms with Gasteiger partial charge >= 0.3 is 5.97 Å². The number of methoxy groups -OCH3 is 1. The highest BCUT2D eigenvalue weighted by Gasteiger charge is 2.37. The maximum Gasteiger partial charge on any atom is 0.326 e. The molecule has 1 amide bonds. The number of benzene rings is 1. The molecule has 2 rings (SSSR count). The highest BCUT2D eigenvalue weighted by molar-refractivity contribution is 5.96. The number of hydrogen-bond donors (Lipinski definition) is 1. The van der Waals surface area contributed by atoms with Crippen molar-refractivity contribution in [1.29, 1.82) is 0 Å². The summed E-state index contributed by atoms with van der Waals surface area (Å²) < 4.78 is 5.07. The minimum absolute atomic E-state index is 0.181. The topological polar surface area (TPSA) is 70.1 Å². The largest absolute Gasteiger partial charge is 0.497 e. The van der Waals surface area contributed by atoms with Crippen LogP contribution in [-0.4, -0.2) is 66.6 Å². The van der Waals surface area contributed by atoms with Crippen molar-refractivity contribution in [1.82, 2.24) is 9.80 Å². The van der Waals surface area contributed by atoms with Gasteiger partial charge < -0.3 is 19.6 Å². The van der Waals surface area contributed by atoms with E-state index < -0.39 is 12.0 Å². The number of hydrogen-bond acceptors (Lipinski definition) is 4. The van der Waals surface area contributed by atoms with Gasteiger partial charge in [0.2, 0.25) is 0 Å². The number of piperidine rings is 1. The zero-order chi connectivity index (χ0) is 16.3. The molecule has 2 atom stereocenters. The zero-order valence-corrected chi connectivity index (χ0v) is 13.2. The number of carbonyl (C=O) groups excluding carboxylic acids is 1. The molecule has 1 fully saturated rings. The van der Waals surface area contributed by atoms with Crippen LogP contribution in [0.4, 0.5) is 0 Å². The minimum Gasteiger partial charge on any atom is -0.497 e. The van der Waals surface area contributed by atoms with E-state index >= 15 is 0 Å². The molecule has 1 aromatic carbocycles. The highest BCUT2D eigenvalue weighted by atomic mass is 16.5. The van der Waals surface area contributed by atoms with Crippen LogP contribution >= 0.6 is 0 Å². The molecular formula is C16H22N2O4. The van der Waals surface area contributed by atoms with E-state index in [2.05, 4.69) is 0 Å². The molecular weight excluding hydrogens is 284 g/mol. The number of amides is 1. The Morgan fingerprint density at radius 1 is 1.27 bits per heavy atom. The van der Waals surface area contributed by atoms with E-state index in [1.807, 2.05) is 19.0 Å². The Bertz CT molecular complexity index is 542. The third kappa shape index (κ3) is 3.39. The van der Waals surface area contributed by atoms with Crippen LogP contribution in [0.3, 0.4) is 0 Å². The molecule has 0 saturated carbocycles. The van der Waals surface area contributed by atoms with E-state index in [4.69, 9.17) is 4.74 Å². The average molecular weight is 306 g/mol. The van der Waals surface area contributed by atoms with Crippen molar-refractivity contribution in [3.63, 3.8) is 0 Å². The molecule has 1 saturated heterocycles. The first-order valence-corrected chi connectivity index (χ1v) is 7.28. The van der Waals surface area contributed by atoms with Gasteiger partial charge in [-0.2, -0.15) is 0 Å². The molecule has 0 spiro atoms. The molecule has 0 aromatic heterocycles. The minimum atomic E-state index is -0.951. The fourth-order valence-corrected chi connectivity index (χ4v) is 2.79. The third-order valence-electron chi connectivity index (χ3n) is 4.19. The molecule has 22 heavy (non-hydrogen) atoms. The van der Waals surface area contributed by atoms with Crippen LogP contribution in [0.5, 0.6) is 5.75 Å². The standard InChI is InChI=1S/C16H22N2O4/c1-17(2)12-8-9-18(14(10-12)16(20)21)15(19)11-4-6-13(22-3)7-5-11/h4-7,12,14H,8-10H2,1-3H3,(H,20,21)/t12-,14-/m1/s1. The maximum atomic E-state index is 12.6. The van der Waals surface area contributed by atoms with Crippen molar-refractivity contribution in [2.45, 2.75) is 24.9 Å². The summed E-state index contributed by atoms with van der Waals surface area (Å²) in [6, 6.07) is 6.14. The Labute approximate surface area is 130 Å². The van der Waals surface area contributed by atoms with Gasteiger partial charge in [-0.05, 0) is 51.2 Å². The number of carbonyl (C=O) groups is 2. The summed E-state index contributed by atoms with van der Waals surface area (Å²) >= 11 is 0. The van der Waals surface area contributed by atoms with Crippen LogP contribution in [0, 0.1) is 0 Å². The Morgan fingerprint density at radius 2 is 1.91 bits per heavy atom. The molecule has 1 heterocycles. The molecule has 1 aliphatic rings. The van der Waals surface area contributed by atoms with Crippen molar-refractivity contribution in [3.8, 4) is 5.75 Å². The molecule has 6 nitrogen and oxygen atoms in total. The summed E-state index contributed by atoms with van der Waals surface area (Å²) in [4.78, 5) is 27.6. The first kappa shape index (κ1) is 16.3. The number of rotatable bonds is 4. The van der Waals surface area contributed by atoms with Crippen LogP contribution in [0.2, 0.25) is 0 Å². The van der Waals surface area contributed by atoms with Crippen LogP contribution in [0.15, 0.2) is 24.3 Å². The van der Waals surface area contributed by atoms with Gasteiger partial charge in [0.1, 0.15) is 11.8 Å². The second kappa shape index (κ2) is 6.79. The van der Waals surface area contributed by atoms with Gasteiger partial charge in [-0.1, -0.05) is 0 Å². The fraction of sp³-hybridized carbons (Fsp3) is 0.500. The number of nitrogens with zero attached hydrogens (tertiary/aromatic N) is 2. The van der Waals surface area contributed by atoms with Crippen LogP contribution in [-0.2, 0) is 4.79 Å². The summed E-state index contributed by atoms with van der Waals surface area (Å²) in [6.07, 6.45) is 1.23. The summed E-state index contributed by atoms with van der Waals surface area (Å²) in [5.41, 5.74) is 0.482. The number of ether oxygens (including phenoxy) is 1. The fourth-order valence-electron chi connectivity index (χ4n) is 2.79. The Balaban J connectivity index is 2.18. The molecule has 0 radical (unpaired) electrons. The average Bonchev–Trinajstić information content (AvgIpc) is 2.53. The van der Waals surface area contributed by atoms with Gasteiger partial charge in [0.05, 0.1) is 7.11 Å². The van der Waals surface area contributed by atoms with E-state index in [-0.39, 0.29) is 11.9 Å². The van der Waals surface area contributed by atoms with Crippen molar-refractivity contribution >= 4 is 11.9 Å². The van der Waals surface area contributed by atoms with Crippen LogP contribution in [0.1, 0.15) is 23.2 Å². The predicted octanol–water partition coefficient (Wildman–Crippen LogP) is 1.31. The van der Waals surface area contributed by atoms with Gasteiger partial charge in [-0.25, -0.2) is 4.79 Å². The lowest BCUT2D eigenvalue weighted by atomic mass is 9.95. The van der Waals surface area contributed by atoms with Crippen LogP contribution in [0.25, 0.3) is 0 Å². The molecule has 6 heteroatoms. The summed E-state index contributed by atoms with van der Waals surface area (Å²) in [7, 11) is 5.43. The number of aliphatic carboxylic acids is 1. The monoisotopic (exact) mass is 306 g/mol. The Morgan fingerprint density at radius 3 is 2.41 bits per heavy atom. The number of carboxylic acid groups (broad SMARTS) is 1. The van der Waals surface area contributed by atoms with Crippen molar-refractivity contribution < 1.29 is 19.4 Å². The smallest absolute Gasteiger partial charge is 0.326 e. The van der Waals surface area contributed by atoms with E-state index in [0.717, 1.165) is 6.42 Å². The van der Waals surface area contributed by atoms with Crippen LogP contribution < -0.4 is 4.74 Å². The van der Waals surface area contributed by atoms with E-state index in [1.165, 1.54) is 4.90 Å². The van der Waals surface area contributed by atoms with E-state index in [0.29, 0.717) is 24.3 Å². The molecule has 1 aliphatic heterocycles. The van der Waals surface area contributed by atoms with Gasteiger partial charge in [-0.15, -0.1) is 0 Å². The molecule has 1 aromatic rings. The molecule has 0 aliphatic carbocycles. The summed E-state index contributed by atoms with van der Waals surface area (Å²) in [6.45, 7) is 0.449. The van der Waals surface area contributed by atoms with E-state index in [9.17, 15) is 14.7 Å². The van der Waals surface area contributed by atoms with Gasteiger partial charge in [0.15, 0.2) is 0 Å². The second-order valence-corrected chi connectivity index (χ2v) is 5.72. The van der Waals surface area contributed by atoms with Crippen molar-refractivity contribution in [3.05, 3.63) is 29.8 Å². The molecule has 120 valence electrons. The van der Waals surface area contributed by atoms with Gasteiger partial charge in [0.25, 0.3) is 5.91 Å². The Hall–Kier alpha value is -2.08. The molecule has 1 N–H and O–H groups in total. The van der Waals surface area contributed by atoms with Crippen molar-refractivity contribution in [2.24, 2.45) is 0 Å². The molecule has 0 bridgehead atoms. The first-order chi connectivity index (χ1) is 10.4. The highest BCUT2D eigenvalue weighted by Crippen LogP contribution is 2.23. The summed E-state index contributed by atoms with van der Waals surface area (Å²) in [5.74, 6) is -0.529. The quantitative estimate of drug-likeness (QED) is 0.908. The Kier molecular flexibility index (Phi) is 5.03. The normalized spacial score (nSPS) is 21.7. The first-order valence-electron chi connectivity index (χ1n) is 7.28. The second-order valence-electron chi connectivity index (χ2n) is 5.72. The SMILES string of the molecule is COc1ccc(C(=O)N2CC[C@@H](N(C)C)C[C@@H]2C(=O)O)cc1. The number of carboxylic acids is 1. The zero-order valence-electron chi connectivity index (χ0n) is 13.2. The third-order valence-corrected chi connectivity index (χ3v) is 4.19. The molecule has 0 unspecified atom stereocenters. The lowest BCUT2D eigenvalue weighted by molar-refractivity contribution is -0.144. The number of likely N-dealkylation sites (tertiary alicyclic amines) is 1. The lowest BCUT2D eigenvalue weighted by Gasteiger charge is -2.39. The van der Waals surface area contributed by atoms with E-state index in [1.54, 1.807) is 31.4 Å². The van der Waals surface area contributed by atoms with Gasteiger partial charge in [-0.3, -0.25) is 4.79 Å². The van der Waals surface area contributed by atoms with Gasteiger partial charge in [0, 0.05) is 18.2 Å². The van der Waals surface area contributed by atoms with Crippen molar-refractivity contribution in [2.75, 3.05) is 27.7 Å². The maximum absolute atomic E-state index is 12.6.